The molecular formula is C21H19FN2O4. The summed E-state index contributed by atoms with van der Waals surface area (Å²) >= 11 is 0. The van der Waals surface area contributed by atoms with Crippen molar-refractivity contribution in [2.45, 2.75) is 26.4 Å². The van der Waals surface area contributed by atoms with E-state index in [0.717, 1.165) is 23.5 Å². The lowest BCUT2D eigenvalue weighted by molar-refractivity contribution is -0.122. The van der Waals surface area contributed by atoms with Crippen LogP contribution in [-0.4, -0.2) is 23.9 Å². The van der Waals surface area contributed by atoms with Crippen LogP contribution in [-0.2, 0) is 9.59 Å². The van der Waals surface area contributed by atoms with Crippen LogP contribution in [0.2, 0.25) is 0 Å². The Bertz CT molecular complexity index is 953. The highest BCUT2D eigenvalue weighted by atomic mass is 19.1. The third kappa shape index (κ3) is 3.93. The number of amides is 4. The number of halogens is 1. The number of hydrogen-bond donors (Lipinski definition) is 1. The van der Waals surface area contributed by atoms with Crippen molar-refractivity contribution in [2.75, 3.05) is 4.90 Å². The number of urea groups is 1. The molecule has 0 aromatic heterocycles. The molecule has 28 heavy (non-hydrogen) atoms. The molecule has 1 N–H and O–H groups in total. The van der Waals surface area contributed by atoms with E-state index in [9.17, 15) is 18.8 Å². The molecule has 1 atom stereocenters. The zero-order valence-electron chi connectivity index (χ0n) is 15.4. The number of para-hydroxylation sites is 1. The fraction of sp³-hybridized carbons (Fsp3) is 0.190. The van der Waals surface area contributed by atoms with Crippen LogP contribution in [0.5, 0.6) is 5.75 Å². The summed E-state index contributed by atoms with van der Waals surface area (Å²) in [6, 6.07) is 11.0. The highest BCUT2D eigenvalue weighted by molar-refractivity contribution is 6.39. The Morgan fingerprint density at radius 3 is 2.46 bits per heavy atom. The molecule has 1 heterocycles. The summed E-state index contributed by atoms with van der Waals surface area (Å²) in [4.78, 5) is 38.1. The minimum absolute atomic E-state index is 0.0484. The Morgan fingerprint density at radius 2 is 1.79 bits per heavy atom. The van der Waals surface area contributed by atoms with Crippen LogP contribution in [0.4, 0.5) is 14.9 Å². The number of hydrogen-bond acceptors (Lipinski definition) is 4. The molecule has 144 valence electrons. The van der Waals surface area contributed by atoms with Gasteiger partial charge in [0.15, 0.2) is 0 Å². The number of anilines is 1. The first kappa shape index (κ1) is 19.3. The van der Waals surface area contributed by atoms with E-state index in [4.69, 9.17) is 4.74 Å². The highest BCUT2D eigenvalue weighted by Crippen LogP contribution is 2.26. The summed E-state index contributed by atoms with van der Waals surface area (Å²) in [6.45, 7) is 3.90. The van der Waals surface area contributed by atoms with E-state index in [1.165, 1.54) is 18.2 Å². The summed E-state index contributed by atoms with van der Waals surface area (Å²) in [5.41, 5.74) is 0.477. The smallest absolute Gasteiger partial charge is 0.335 e. The average molecular weight is 382 g/mol. The maximum atomic E-state index is 13.2. The maximum absolute atomic E-state index is 13.2. The Labute approximate surface area is 161 Å². The second-order valence-corrected chi connectivity index (χ2v) is 6.31. The summed E-state index contributed by atoms with van der Waals surface area (Å²) in [5.74, 6) is -1.57. The molecule has 0 aliphatic carbocycles. The van der Waals surface area contributed by atoms with E-state index in [0.29, 0.717) is 11.3 Å². The minimum atomic E-state index is -0.886. The molecule has 1 fully saturated rings. The van der Waals surface area contributed by atoms with Crippen LogP contribution in [0.3, 0.4) is 0 Å². The molecule has 2 aromatic carbocycles. The number of imide groups is 2. The van der Waals surface area contributed by atoms with Gasteiger partial charge in [-0.25, -0.2) is 14.1 Å². The lowest BCUT2D eigenvalue weighted by Crippen LogP contribution is -2.54. The van der Waals surface area contributed by atoms with E-state index >= 15 is 0 Å². The van der Waals surface area contributed by atoms with Crippen molar-refractivity contribution in [3.63, 3.8) is 0 Å². The van der Waals surface area contributed by atoms with Gasteiger partial charge in [0.25, 0.3) is 11.8 Å². The number of carbonyl (C=O) groups is 3. The van der Waals surface area contributed by atoms with Gasteiger partial charge in [0.05, 0.1) is 11.8 Å². The predicted molar refractivity (Wildman–Crippen MR) is 102 cm³/mol. The molecule has 6 nitrogen and oxygen atoms in total. The van der Waals surface area contributed by atoms with E-state index in [-0.39, 0.29) is 17.4 Å². The van der Waals surface area contributed by atoms with E-state index in [2.05, 4.69) is 5.32 Å². The molecule has 0 bridgehead atoms. The molecule has 0 saturated carbocycles. The van der Waals surface area contributed by atoms with Crippen molar-refractivity contribution in [2.24, 2.45) is 0 Å². The van der Waals surface area contributed by atoms with Crippen LogP contribution < -0.4 is 15.0 Å². The van der Waals surface area contributed by atoms with Gasteiger partial charge in [-0.1, -0.05) is 25.1 Å². The van der Waals surface area contributed by atoms with Gasteiger partial charge >= 0.3 is 6.03 Å². The van der Waals surface area contributed by atoms with Crippen molar-refractivity contribution in [1.82, 2.24) is 5.32 Å². The van der Waals surface area contributed by atoms with Crippen molar-refractivity contribution in [1.29, 1.82) is 0 Å². The lowest BCUT2D eigenvalue weighted by Gasteiger charge is -2.26. The molecule has 0 radical (unpaired) electrons. The monoisotopic (exact) mass is 382 g/mol. The number of ether oxygens (including phenoxy) is 1. The normalized spacial score (nSPS) is 16.9. The van der Waals surface area contributed by atoms with Crippen molar-refractivity contribution < 1.29 is 23.5 Å². The second kappa shape index (κ2) is 8.04. The lowest BCUT2D eigenvalue weighted by atomic mass is 10.1. The second-order valence-electron chi connectivity index (χ2n) is 6.31. The molecule has 1 aliphatic rings. The van der Waals surface area contributed by atoms with Gasteiger partial charge in [-0.05, 0) is 49.8 Å². The number of benzene rings is 2. The van der Waals surface area contributed by atoms with Gasteiger partial charge in [-0.3, -0.25) is 14.9 Å². The first-order valence-corrected chi connectivity index (χ1v) is 8.83. The van der Waals surface area contributed by atoms with Gasteiger partial charge in [0, 0.05) is 5.56 Å². The molecule has 4 amide bonds. The SMILES string of the molecule is CC[C@@H](C)Oc1ccccc1/C=C1\C(=O)NC(=O)N(c2ccc(F)cc2)C1=O. The molecule has 3 rings (SSSR count). The Kier molecular flexibility index (Phi) is 5.54. The largest absolute Gasteiger partial charge is 0.490 e. The van der Waals surface area contributed by atoms with Crippen LogP contribution in [0.1, 0.15) is 25.8 Å². The van der Waals surface area contributed by atoms with Gasteiger partial charge in [-0.2, -0.15) is 0 Å². The topological polar surface area (TPSA) is 75.7 Å². The molecule has 2 aromatic rings. The third-order valence-corrected chi connectivity index (χ3v) is 4.31. The number of nitrogens with zero attached hydrogens (tertiary/aromatic N) is 1. The summed E-state index contributed by atoms with van der Waals surface area (Å²) < 4.78 is 19.0. The summed E-state index contributed by atoms with van der Waals surface area (Å²) in [7, 11) is 0. The predicted octanol–water partition coefficient (Wildman–Crippen LogP) is 3.67. The molecule has 1 saturated heterocycles. The van der Waals surface area contributed by atoms with Gasteiger partial charge in [0.1, 0.15) is 17.1 Å². The van der Waals surface area contributed by atoms with Crippen molar-refractivity contribution in [3.8, 4) is 5.75 Å². The first-order chi connectivity index (χ1) is 13.4. The van der Waals surface area contributed by atoms with E-state index < -0.39 is 23.7 Å². The van der Waals surface area contributed by atoms with Gasteiger partial charge < -0.3 is 4.74 Å². The number of barbiturate groups is 1. The summed E-state index contributed by atoms with van der Waals surface area (Å²) in [6.07, 6.45) is 2.13. The van der Waals surface area contributed by atoms with Gasteiger partial charge in [-0.15, -0.1) is 0 Å². The number of carbonyl (C=O) groups excluding carboxylic acids is 3. The van der Waals surface area contributed by atoms with Crippen LogP contribution in [0, 0.1) is 5.82 Å². The number of rotatable bonds is 5. The Morgan fingerprint density at radius 1 is 1.11 bits per heavy atom. The van der Waals surface area contributed by atoms with Crippen LogP contribution in [0.25, 0.3) is 6.08 Å². The fourth-order valence-electron chi connectivity index (χ4n) is 2.64. The minimum Gasteiger partial charge on any atom is -0.490 e. The first-order valence-electron chi connectivity index (χ1n) is 8.83. The van der Waals surface area contributed by atoms with Crippen LogP contribution >= 0.6 is 0 Å². The Hall–Kier alpha value is -3.48. The van der Waals surface area contributed by atoms with E-state index in [1.807, 2.05) is 13.8 Å². The maximum Gasteiger partial charge on any atom is 0.335 e. The van der Waals surface area contributed by atoms with Gasteiger partial charge in [0.2, 0.25) is 0 Å². The molecule has 0 unspecified atom stereocenters. The molecule has 7 heteroatoms. The zero-order chi connectivity index (χ0) is 20.3. The van der Waals surface area contributed by atoms with Crippen molar-refractivity contribution >= 4 is 29.6 Å². The van der Waals surface area contributed by atoms with Crippen molar-refractivity contribution in [3.05, 3.63) is 65.5 Å². The molecule has 0 spiro atoms. The highest BCUT2D eigenvalue weighted by Gasteiger charge is 2.37. The zero-order valence-corrected chi connectivity index (χ0v) is 15.4. The summed E-state index contributed by atoms with van der Waals surface area (Å²) in [5, 5.41) is 2.14. The van der Waals surface area contributed by atoms with Crippen LogP contribution in [0.15, 0.2) is 54.1 Å². The molecular weight excluding hydrogens is 363 g/mol. The number of nitrogens with one attached hydrogen (secondary N) is 1. The molecule has 1 aliphatic heterocycles. The Balaban J connectivity index is 1.99. The quantitative estimate of drug-likeness (QED) is 0.632. The average Bonchev–Trinajstić information content (AvgIpc) is 2.67. The fourth-order valence-corrected chi connectivity index (χ4v) is 2.64. The van der Waals surface area contributed by atoms with E-state index in [1.54, 1.807) is 24.3 Å². The standard InChI is InChI=1S/C21H19FN2O4/c1-3-13(2)28-18-7-5-4-6-14(18)12-17-19(25)23-21(27)24(20(17)26)16-10-8-15(22)9-11-16/h4-13H,3H2,1-2H3,(H,23,25,27)/b17-12+/t13-/m1/s1. The third-order valence-electron chi connectivity index (χ3n) is 4.31.